The quantitative estimate of drug-likeness (QED) is 0.0142. The molecule has 18 atom stereocenters. The highest BCUT2D eigenvalue weighted by Gasteiger charge is 2.40. The Labute approximate surface area is 809 Å². The molecule has 0 aliphatic rings. The summed E-state index contributed by atoms with van der Waals surface area (Å²) in [5.74, 6) is -22.5. The minimum Gasteiger partial charge on any atom is -0.508 e. The number of rotatable bonds is 63. The molecular formula is C88H142N28O24. The first-order valence-electron chi connectivity index (χ1n) is 46.0. The molecule has 0 aliphatic heterocycles. The largest absolute Gasteiger partial charge is 0.508 e. The van der Waals surface area contributed by atoms with Gasteiger partial charge in [-0.2, -0.15) is 0 Å². The number of phenols is 1. The van der Waals surface area contributed by atoms with Crippen LogP contribution in [0.4, 0.5) is 0 Å². The summed E-state index contributed by atoms with van der Waals surface area (Å²) in [4.78, 5) is 303. The fourth-order valence-corrected chi connectivity index (χ4v) is 13.6. The molecule has 0 spiro atoms. The van der Waals surface area contributed by atoms with E-state index in [9.17, 15) is 116 Å². The molecule has 0 fully saturated rings. The van der Waals surface area contributed by atoms with Crippen LogP contribution in [0.15, 0.2) is 54.3 Å². The van der Waals surface area contributed by atoms with E-state index in [1.807, 2.05) is 0 Å². The zero-order chi connectivity index (χ0) is 106. The lowest BCUT2D eigenvalue weighted by molar-refractivity contribution is -0.139. The maximum absolute atomic E-state index is 14.6. The van der Waals surface area contributed by atoms with Crippen LogP contribution in [0.2, 0.25) is 0 Å². The first-order valence-corrected chi connectivity index (χ1v) is 46.0. The van der Waals surface area contributed by atoms with Gasteiger partial charge in [-0.3, -0.25) is 106 Å². The van der Waals surface area contributed by atoms with Gasteiger partial charge in [0.15, 0.2) is 5.96 Å². The number of nitrogens with one attached hydrogen (secondary N) is 20. The second-order valence-electron chi connectivity index (χ2n) is 35.9. The van der Waals surface area contributed by atoms with Crippen molar-refractivity contribution in [1.29, 1.82) is 0 Å². The number of aromatic hydroxyl groups is 1. The van der Waals surface area contributed by atoms with Crippen molar-refractivity contribution in [3.05, 3.63) is 66.3 Å². The van der Waals surface area contributed by atoms with E-state index in [1.165, 1.54) is 83.9 Å². The third-order valence-electron chi connectivity index (χ3n) is 21.4. The number of hydrogen-bond acceptors (Lipinski definition) is 27. The van der Waals surface area contributed by atoms with Crippen LogP contribution >= 0.6 is 0 Å². The number of primary amides is 2. The number of nitrogens with two attached hydrogens (primary N) is 5. The SMILES string of the molecule is CC[C@H](C)[C@H](NC(=O)CNC(=O)[C@H](C)NC(=O)[C@H](C)NC(=O)[C@H](Cc1c[nH]cn1)NC(=O)[C@H](CC(N)=O)NC(=O)CNC(=O)[C@H](C)NC(=O)CNC(=O)[C@H](Cc1c[nH]cn1)NC(=O)[C@H](CC(C)C)NC(=O)[C@H](CC(C)C)NC(=O)[C@H](CCC(=O)O)NC(=O)[C@H](Cc1ccc(O)cc1)NC(=O)[C@H](CC(C)C)NC(=O)[C@@H](N)CCCN=C(N)N)C(=O)N[C@@H](CC(C)C)C(=O)N[C@H](C(=O)N[C@@H](C)C(N)=O)[C@@H](C)O. The van der Waals surface area contributed by atoms with Gasteiger partial charge in [0.05, 0.1) is 62.2 Å². The van der Waals surface area contributed by atoms with E-state index in [1.54, 1.807) is 69.2 Å². The lowest BCUT2D eigenvalue weighted by Crippen LogP contribution is -2.61. The van der Waals surface area contributed by atoms with Crippen molar-refractivity contribution < 1.29 is 116 Å². The fraction of sp³-hybridized carbons (Fsp3) is 0.614. The Balaban J connectivity index is 1.72. The summed E-state index contributed by atoms with van der Waals surface area (Å²) in [5, 5.41) is 74.5. The molecular weight excluding hydrogens is 1830 g/mol. The third kappa shape index (κ3) is 45.2. The average molecular weight is 1980 g/mol. The number of carboxylic acids is 1. The number of imidazole rings is 2. The molecule has 52 heteroatoms. The molecule has 778 valence electrons. The third-order valence-corrected chi connectivity index (χ3v) is 21.4. The Hall–Kier alpha value is -14.5. The van der Waals surface area contributed by atoms with Gasteiger partial charge in [0.25, 0.3) is 0 Å². The van der Waals surface area contributed by atoms with E-state index in [-0.39, 0.29) is 105 Å². The number of aromatic amines is 2. The molecule has 0 saturated heterocycles. The number of aliphatic hydroxyl groups excluding tert-OH is 1. The molecule has 3 aromatic rings. The van der Waals surface area contributed by atoms with Gasteiger partial charge >= 0.3 is 5.97 Å². The van der Waals surface area contributed by atoms with Crippen molar-refractivity contribution in [2.45, 2.75) is 290 Å². The maximum Gasteiger partial charge on any atom is 0.303 e. The molecule has 1 aromatic carbocycles. The molecule has 2 heterocycles. The van der Waals surface area contributed by atoms with Crippen molar-refractivity contribution >= 4 is 130 Å². The Morgan fingerprint density at radius 1 is 0.386 bits per heavy atom. The van der Waals surface area contributed by atoms with Crippen molar-refractivity contribution in [2.24, 2.45) is 63.3 Å². The predicted octanol–water partition coefficient (Wildman–Crippen LogP) is -8.22. The summed E-state index contributed by atoms with van der Waals surface area (Å²) < 4.78 is 0. The van der Waals surface area contributed by atoms with Gasteiger partial charge in [-0.1, -0.05) is 87.8 Å². The van der Waals surface area contributed by atoms with Crippen LogP contribution in [0.25, 0.3) is 0 Å². The summed E-state index contributed by atoms with van der Waals surface area (Å²) in [6, 6.07) is -17.6. The normalized spacial score (nSPS) is 15.0. The van der Waals surface area contributed by atoms with Crippen molar-refractivity contribution in [2.75, 3.05) is 26.2 Å². The molecule has 33 N–H and O–H groups in total. The van der Waals surface area contributed by atoms with E-state index in [4.69, 9.17) is 28.7 Å². The lowest BCUT2D eigenvalue weighted by atomic mass is 9.96. The zero-order valence-electron chi connectivity index (χ0n) is 81.5. The van der Waals surface area contributed by atoms with Gasteiger partial charge in [-0.25, -0.2) is 9.97 Å². The van der Waals surface area contributed by atoms with Gasteiger partial charge in [0.2, 0.25) is 118 Å². The summed E-state index contributed by atoms with van der Waals surface area (Å²) in [5.41, 5.74) is 28.5. The number of carboxylic acid groups (broad SMARTS) is 1. The number of carbonyl (C=O) groups is 21. The number of benzene rings is 1. The molecule has 20 amide bonds. The minimum absolute atomic E-state index is 0.0283. The summed E-state index contributed by atoms with van der Waals surface area (Å²) in [6.45, 7) is 21.1. The van der Waals surface area contributed by atoms with Gasteiger partial charge < -0.3 is 150 Å². The van der Waals surface area contributed by atoms with E-state index in [2.05, 4.69) is 121 Å². The first-order chi connectivity index (χ1) is 65.6. The Morgan fingerprint density at radius 3 is 1.19 bits per heavy atom. The van der Waals surface area contributed by atoms with E-state index in [0.717, 1.165) is 0 Å². The lowest BCUT2D eigenvalue weighted by Gasteiger charge is -2.29. The maximum atomic E-state index is 14.6. The Bertz CT molecular complexity index is 4720. The molecule has 140 heavy (non-hydrogen) atoms. The molecule has 0 aliphatic carbocycles. The van der Waals surface area contributed by atoms with Crippen LogP contribution in [-0.4, -0.2) is 294 Å². The number of carbonyl (C=O) groups excluding carboxylic acids is 20. The highest BCUT2D eigenvalue weighted by molar-refractivity contribution is 6.02. The van der Waals surface area contributed by atoms with Crippen molar-refractivity contribution in [3.63, 3.8) is 0 Å². The van der Waals surface area contributed by atoms with E-state index >= 15 is 0 Å². The Kier molecular flexibility index (Phi) is 51.5. The second-order valence-corrected chi connectivity index (χ2v) is 35.9. The smallest absolute Gasteiger partial charge is 0.303 e. The van der Waals surface area contributed by atoms with Crippen LogP contribution in [0.1, 0.15) is 185 Å². The Morgan fingerprint density at radius 2 is 0.750 bits per heavy atom. The number of aliphatic carboxylic acids is 1. The van der Waals surface area contributed by atoms with Gasteiger partial charge in [-0.05, 0) is 127 Å². The van der Waals surface area contributed by atoms with Crippen molar-refractivity contribution in [1.82, 2.24) is 116 Å². The van der Waals surface area contributed by atoms with Crippen molar-refractivity contribution in [3.8, 4) is 5.75 Å². The number of nitrogens with zero attached hydrogens (tertiary/aromatic N) is 3. The van der Waals surface area contributed by atoms with Crippen LogP contribution in [0, 0.1) is 29.6 Å². The van der Waals surface area contributed by atoms with Gasteiger partial charge in [0, 0.05) is 44.6 Å². The number of amides is 20. The van der Waals surface area contributed by atoms with Crippen LogP contribution in [0.3, 0.4) is 0 Å². The number of aromatic nitrogens is 4. The first kappa shape index (κ1) is 120. The zero-order valence-corrected chi connectivity index (χ0v) is 81.5. The number of guanidine groups is 1. The molecule has 0 bridgehead atoms. The van der Waals surface area contributed by atoms with E-state index < -0.39 is 272 Å². The number of aliphatic imine (C=N–C) groups is 1. The topological polar surface area (TPSA) is 836 Å². The average Bonchev–Trinajstić information content (AvgIpc) is 1.76. The molecule has 0 unspecified atom stereocenters. The molecule has 3 rings (SSSR count). The predicted molar refractivity (Wildman–Crippen MR) is 504 cm³/mol. The highest BCUT2D eigenvalue weighted by atomic mass is 16.4. The number of H-pyrrole nitrogens is 2. The molecule has 0 radical (unpaired) electrons. The van der Waals surface area contributed by atoms with E-state index in [0.29, 0.717) is 18.4 Å². The highest BCUT2D eigenvalue weighted by Crippen LogP contribution is 2.18. The monoisotopic (exact) mass is 1980 g/mol. The number of aliphatic hydroxyl groups is 1. The molecule has 52 nitrogen and oxygen atoms in total. The summed E-state index contributed by atoms with van der Waals surface area (Å²) >= 11 is 0. The summed E-state index contributed by atoms with van der Waals surface area (Å²) in [6.07, 6.45) is 1.42. The number of phenolic OH excluding ortho intramolecular Hbond substituents is 1. The molecule has 0 saturated carbocycles. The van der Waals surface area contributed by atoms with Gasteiger partial charge in [0.1, 0.15) is 96.4 Å². The summed E-state index contributed by atoms with van der Waals surface area (Å²) in [7, 11) is 0. The van der Waals surface area contributed by atoms with Crippen LogP contribution < -0.4 is 124 Å². The minimum atomic E-state index is -1.83. The molecule has 2 aromatic heterocycles. The van der Waals surface area contributed by atoms with Crippen LogP contribution in [0.5, 0.6) is 5.75 Å². The fourth-order valence-electron chi connectivity index (χ4n) is 13.6. The number of hydrogen-bond donors (Lipinski definition) is 28. The van der Waals surface area contributed by atoms with Crippen LogP contribution in [-0.2, 0) is 120 Å². The standard InChI is InChI=1S/C88H142N28O24/c1-16-45(10)70(86(139)114-60(29-44(8)9)85(138)116-71(50(15)117)87(140)103-46(11)72(91)125)115-68(122)38-98-74(127)48(13)104-75(128)49(14)105-79(132)63(32-53-35-95-40-101-53)113-84(137)64(33-65(90)119)106-67(121)37-97-73(126)47(12)102-66(120)36-99-77(130)62(31-52-34-94-39-100-52)112-82(135)59(28-43(6)7)110-81(134)58(27-42(4)5)109-78(131)56(23-24-69(123)124)107-83(136)61(30-51-19-21-54(118)22-20-51)111-80(133)57(26-41(2)3)108-76(129)55(89)18-17-25-96-88(92)93/h19-22,34-35,39-50,55-64,70-71,117-118H,16-18,23-33,36-38,89H2,1-15H3,(H2,90,119)(H2,91,125)(H,94,100)(H,95,101)(H,97,126)(H,98,127)(H,99,130)(H,102,120)(H,103,140)(H,104,128)(H,105,132)(H,106,121)(H,107,136)(H,108,129)(H,109,131)(H,110,134)(H,111,133)(H,112,135)(H,113,137)(H,114,139)(H,115,122)(H,116,138)(H,123,124)(H4,92,93,96)/t45-,46-,47-,48-,49-,50+,55-,56-,57-,58-,59-,60-,61-,62-,63-,64-,70-,71-/m0/s1. The second kappa shape index (κ2) is 60.3. The van der Waals surface area contributed by atoms with Gasteiger partial charge in [-0.15, -0.1) is 0 Å².